The zero-order valence-electron chi connectivity index (χ0n) is 15.4. The molecule has 1 amide bonds. The van der Waals surface area contributed by atoms with Crippen molar-refractivity contribution in [1.29, 1.82) is 0 Å². The molecule has 2 aliphatic rings. The minimum atomic E-state index is -2.88. The fourth-order valence-electron chi connectivity index (χ4n) is 3.72. The fraction of sp³-hybridized carbons (Fsp3) is 0.632. The van der Waals surface area contributed by atoms with Crippen LogP contribution < -0.4 is 4.74 Å². The van der Waals surface area contributed by atoms with Gasteiger partial charge in [-0.25, -0.2) is 0 Å². The quantitative estimate of drug-likeness (QED) is 0.644. The monoisotopic (exact) mass is 446 g/mol. The van der Waals surface area contributed by atoms with Crippen LogP contribution in [-0.2, 0) is 16.0 Å². The van der Waals surface area contributed by atoms with Crippen LogP contribution in [-0.4, -0.2) is 67.8 Å². The summed E-state index contributed by atoms with van der Waals surface area (Å²) in [5.74, 6) is 0.185. The van der Waals surface area contributed by atoms with Crippen LogP contribution in [0.25, 0.3) is 0 Å². The van der Waals surface area contributed by atoms with Crippen LogP contribution in [0.5, 0.6) is 5.75 Å². The normalized spacial score (nSPS) is 19.4. The lowest BCUT2D eigenvalue weighted by Crippen LogP contribution is -2.62. The second-order valence-electron chi connectivity index (χ2n) is 7.05. The zero-order valence-corrected chi connectivity index (χ0v) is 17.0. The van der Waals surface area contributed by atoms with Crippen molar-refractivity contribution < 1.29 is 23.0 Å². The predicted octanol–water partition coefficient (Wildman–Crippen LogP) is 3.30. The lowest BCUT2D eigenvalue weighted by Gasteiger charge is -2.47. The fourth-order valence-corrected chi connectivity index (χ4v) is 4.13. The van der Waals surface area contributed by atoms with Gasteiger partial charge in [-0.15, -0.1) is 0 Å². The van der Waals surface area contributed by atoms with Gasteiger partial charge in [0.2, 0.25) is 5.91 Å². The van der Waals surface area contributed by atoms with Crippen LogP contribution in [0, 0.1) is 0 Å². The maximum absolute atomic E-state index is 12.5. The molecule has 5 nitrogen and oxygen atoms in total. The third-order valence-electron chi connectivity index (χ3n) is 5.39. The molecule has 27 heavy (non-hydrogen) atoms. The van der Waals surface area contributed by atoms with E-state index in [-0.39, 0.29) is 18.1 Å². The first-order chi connectivity index (χ1) is 13.0. The standard InChI is InChI=1S/C19H25BrF2N2O3/c1-26-16-6-8-23(9-7-16)15-11-24(12-15)18(25)5-2-13-10-14(20)3-4-17(13)27-19(21)22/h3-4,10,15-16,19H,2,5-9,11-12H2,1H3. The summed E-state index contributed by atoms with van der Waals surface area (Å²) in [5.41, 5.74) is 0.608. The Morgan fingerprint density at radius 2 is 2.00 bits per heavy atom. The summed E-state index contributed by atoms with van der Waals surface area (Å²) in [5, 5.41) is 0. The molecule has 0 aromatic heterocycles. The number of benzene rings is 1. The number of piperidine rings is 1. The predicted molar refractivity (Wildman–Crippen MR) is 101 cm³/mol. The highest BCUT2D eigenvalue weighted by molar-refractivity contribution is 9.10. The van der Waals surface area contributed by atoms with Gasteiger partial charge in [-0.1, -0.05) is 15.9 Å². The molecule has 0 spiro atoms. The summed E-state index contributed by atoms with van der Waals surface area (Å²) >= 11 is 3.33. The number of halogens is 3. The van der Waals surface area contributed by atoms with E-state index >= 15 is 0 Å². The van der Waals surface area contributed by atoms with Crippen molar-refractivity contribution in [2.45, 2.75) is 44.4 Å². The molecule has 8 heteroatoms. The van der Waals surface area contributed by atoms with Crippen LogP contribution in [0.15, 0.2) is 22.7 Å². The van der Waals surface area contributed by atoms with Crippen LogP contribution in [0.1, 0.15) is 24.8 Å². The topological polar surface area (TPSA) is 42.0 Å². The highest BCUT2D eigenvalue weighted by atomic mass is 79.9. The van der Waals surface area contributed by atoms with E-state index in [0.717, 1.165) is 43.5 Å². The van der Waals surface area contributed by atoms with E-state index in [0.29, 0.717) is 24.1 Å². The molecule has 0 bridgehead atoms. The van der Waals surface area contributed by atoms with Gasteiger partial charge in [-0.2, -0.15) is 8.78 Å². The van der Waals surface area contributed by atoms with Gasteiger partial charge in [0.05, 0.1) is 6.10 Å². The third-order valence-corrected chi connectivity index (χ3v) is 5.88. The van der Waals surface area contributed by atoms with E-state index in [1.54, 1.807) is 19.2 Å². The number of methoxy groups -OCH3 is 1. The van der Waals surface area contributed by atoms with Crippen molar-refractivity contribution in [2.24, 2.45) is 0 Å². The highest BCUT2D eigenvalue weighted by Gasteiger charge is 2.36. The van der Waals surface area contributed by atoms with Crippen molar-refractivity contribution in [3.05, 3.63) is 28.2 Å². The maximum Gasteiger partial charge on any atom is 0.387 e. The van der Waals surface area contributed by atoms with Gasteiger partial charge in [0.1, 0.15) is 5.75 Å². The number of carbonyl (C=O) groups is 1. The molecule has 1 aromatic carbocycles. The van der Waals surface area contributed by atoms with Crippen LogP contribution in [0.2, 0.25) is 0 Å². The van der Waals surface area contributed by atoms with Crippen molar-refractivity contribution >= 4 is 21.8 Å². The lowest BCUT2D eigenvalue weighted by atomic mass is 10.00. The molecule has 2 fully saturated rings. The molecule has 2 aliphatic heterocycles. The van der Waals surface area contributed by atoms with Crippen LogP contribution in [0.3, 0.4) is 0 Å². The van der Waals surface area contributed by atoms with Crippen molar-refractivity contribution in [3.8, 4) is 5.75 Å². The van der Waals surface area contributed by atoms with E-state index in [1.165, 1.54) is 6.07 Å². The summed E-state index contributed by atoms with van der Waals surface area (Å²) in [6.45, 7) is 0.638. The zero-order chi connectivity index (χ0) is 19.4. The Balaban J connectivity index is 1.45. The number of alkyl halides is 2. The molecule has 2 heterocycles. The van der Waals surface area contributed by atoms with Gasteiger partial charge in [-0.3, -0.25) is 9.69 Å². The molecule has 0 aliphatic carbocycles. The molecule has 2 saturated heterocycles. The molecule has 0 N–H and O–H groups in total. The number of rotatable bonds is 7. The largest absolute Gasteiger partial charge is 0.435 e. The van der Waals surface area contributed by atoms with Crippen molar-refractivity contribution in [3.63, 3.8) is 0 Å². The SMILES string of the molecule is COC1CCN(C2CN(C(=O)CCc3cc(Br)ccc3OC(F)F)C2)CC1. The van der Waals surface area contributed by atoms with Crippen molar-refractivity contribution in [2.75, 3.05) is 33.3 Å². The van der Waals surface area contributed by atoms with Gasteiger partial charge in [0.15, 0.2) is 0 Å². The molecule has 150 valence electrons. The molecule has 1 aromatic rings. The number of hydrogen-bond donors (Lipinski definition) is 0. The first-order valence-electron chi connectivity index (χ1n) is 9.24. The Morgan fingerprint density at radius 1 is 1.30 bits per heavy atom. The Bertz CT molecular complexity index is 648. The number of ether oxygens (including phenoxy) is 2. The average molecular weight is 447 g/mol. The summed E-state index contributed by atoms with van der Waals surface area (Å²) in [6, 6.07) is 5.30. The summed E-state index contributed by atoms with van der Waals surface area (Å²) < 4.78 is 35.8. The van der Waals surface area contributed by atoms with E-state index in [9.17, 15) is 13.6 Å². The van der Waals surface area contributed by atoms with Gasteiger partial charge in [0, 0.05) is 50.2 Å². The van der Waals surface area contributed by atoms with E-state index in [1.807, 2.05) is 4.90 Å². The number of carbonyl (C=O) groups excluding carboxylic acids is 1. The number of aryl methyl sites for hydroxylation is 1. The van der Waals surface area contributed by atoms with Gasteiger partial charge in [-0.05, 0) is 43.0 Å². The molecule has 0 atom stereocenters. The Hall–Kier alpha value is -1.25. The number of likely N-dealkylation sites (tertiary alicyclic amines) is 2. The molecular formula is C19H25BrF2N2O3. The summed E-state index contributed by atoms with van der Waals surface area (Å²) in [7, 11) is 1.76. The highest BCUT2D eigenvalue weighted by Crippen LogP contribution is 2.27. The number of nitrogens with zero attached hydrogens (tertiary/aromatic N) is 2. The molecule has 0 unspecified atom stereocenters. The summed E-state index contributed by atoms with van der Waals surface area (Å²) in [4.78, 5) is 16.7. The van der Waals surface area contributed by atoms with Crippen LogP contribution >= 0.6 is 15.9 Å². The molecule has 0 radical (unpaired) electrons. The Labute approximate surface area is 166 Å². The minimum Gasteiger partial charge on any atom is -0.435 e. The van der Waals surface area contributed by atoms with Crippen LogP contribution in [0.4, 0.5) is 8.78 Å². The summed E-state index contributed by atoms with van der Waals surface area (Å²) in [6.07, 6.45) is 3.09. The lowest BCUT2D eigenvalue weighted by molar-refractivity contribution is -0.139. The molecule has 0 saturated carbocycles. The van der Waals surface area contributed by atoms with Gasteiger partial charge >= 0.3 is 6.61 Å². The second-order valence-corrected chi connectivity index (χ2v) is 7.97. The second kappa shape index (κ2) is 9.30. The Morgan fingerprint density at radius 3 is 2.63 bits per heavy atom. The average Bonchev–Trinajstić information content (AvgIpc) is 2.61. The Kier molecular flexibility index (Phi) is 7.05. The number of hydrogen-bond acceptors (Lipinski definition) is 4. The minimum absolute atomic E-state index is 0.0565. The van der Waals surface area contributed by atoms with Gasteiger partial charge in [0.25, 0.3) is 0 Å². The van der Waals surface area contributed by atoms with E-state index in [2.05, 4.69) is 25.6 Å². The van der Waals surface area contributed by atoms with Gasteiger partial charge < -0.3 is 14.4 Å². The van der Waals surface area contributed by atoms with E-state index in [4.69, 9.17) is 4.74 Å². The first-order valence-corrected chi connectivity index (χ1v) is 10.0. The first kappa shape index (κ1) is 20.5. The third kappa shape index (κ3) is 5.39. The number of amides is 1. The maximum atomic E-state index is 12.5. The smallest absolute Gasteiger partial charge is 0.387 e. The molecular weight excluding hydrogens is 422 g/mol. The molecule has 3 rings (SSSR count). The van der Waals surface area contributed by atoms with E-state index < -0.39 is 6.61 Å². The van der Waals surface area contributed by atoms with Crippen molar-refractivity contribution in [1.82, 2.24) is 9.80 Å².